The predicted octanol–water partition coefficient (Wildman–Crippen LogP) is 1.56. The third-order valence-corrected chi connectivity index (χ3v) is 4.47. The second-order valence-electron chi connectivity index (χ2n) is 5.68. The van der Waals surface area contributed by atoms with E-state index in [4.69, 9.17) is 10.5 Å². The zero-order valence-corrected chi connectivity index (χ0v) is 11.8. The summed E-state index contributed by atoms with van der Waals surface area (Å²) in [5, 5.41) is 3.55. The number of ether oxygens (including phenoxy) is 1. The van der Waals surface area contributed by atoms with Gasteiger partial charge < -0.3 is 20.7 Å². The summed E-state index contributed by atoms with van der Waals surface area (Å²) in [4.78, 5) is 14.2. The van der Waals surface area contributed by atoms with E-state index in [0.717, 1.165) is 18.2 Å². The maximum absolute atomic E-state index is 11.7. The summed E-state index contributed by atoms with van der Waals surface area (Å²) in [7, 11) is 1.37. The lowest BCUT2D eigenvalue weighted by Crippen LogP contribution is -2.53. The fourth-order valence-electron chi connectivity index (χ4n) is 3.28. The minimum atomic E-state index is -0.389. The zero-order chi connectivity index (χ0) is 14.1. The lowest BCUT2D eigenvalue weighted by molar-refractivity contribution is 0.0602. The fraction of sp³-hybridized carbons (Fsp3) is 0.533. The topological polar surface area (TPSA) is 67.6 Å². The Balaban J connectivity index is 1.76. The number of nitrogens with two attached hydrogens (primary N) is 1. The average molecular weight is 275 g/mol. The minimum absolute atomic E-state index is 0.389. The van der Waals surface area contributed by atoms with Gasteiger partial charge in [-0.05, 0) is 50.0 Å². The van der Waals surface area contributed by atoms with E-state index in [-0.39, 0.29) is 5.97 Å². The van der Waals surface area contributed by atoms with Crippen molar-refractivity contribution >= 4 is 17.3 Å². The van der Waals surface area contributed by atoms with E-state index < -0.39 is 0 Å². The molecule has 3 aliphatic rings. The second kappa shape index (κ2) is 5.32. The van der Waals surface area contributed by atoms with Crippen LogP contribution in [0.5, 0.6) is 0 Å². The number of hydrogen-bond donors (Lipinski definition) is 2. The number of carbonyl (C=O) groups is 1. The van der Waals surface area contributed by atoms with Crippen LogP contribution in [-0.2, 0) is 4.74 Å². The van der Waals surface area contributed by atoms with E-state index in [1.807, 2.05) is 6.07 Å². The molecule has 2 bridgehead atoms. The van der Waals surface area contributed by atoms with Crippen molar-refractivity contribution in [2.75, 3.05) is 37.8 Å². The van der Waals surface area contributed by atoms with Crippen LogP contribution in [0.15, 0.2) is 18.2 Å². The van der Waals surface area contributed by atoms with E-state index in [9.17, 15) is 4.79 Å². The summed E-state index contributed by atoms with van der Waals surface area (Å²) in [6, 6.07) is 5.94. The largest absolute Gasteiger partial charge is 0.465 e. The SMILES string of the molecule is COC(=O)c1cc(NC2CN3CCC2CC3)ccc1N. The van der Waals surface area contributed by atoms with Crippen molar-refractivity contribution in [3.63, 3.8) is 0 Å². The number of fused-ring (bicyclic) bond motifs is 3. The lowest BCUT2D eigenvalue weighted by atomic mass is 9.84. The van der Waals surface area contributed by atoms with Crippen LogP contribution >= 0.6 is 0 Å². The molecular formula is C15H21N3O2. The number of benzene rings is 1. The molecule has 5 nitrogen and oxygen atoms in total. The Hall–Kier alpha value is -1.75. The molecule has 0 amide bonds. The van der Waals surface area contributed by atoms with Gasteiger partial charge >= 0.3 is 5.97 Å². The van der Waals surface area contributed by atoms with Gasteiger partial charge in [-0.25, -0.2) is 4.79 Å². The van der Waals surface area contributed by atoms with Gasteiger partial charge in [-0.1, -0.05) is 0 Å². The lowest BCUT2D eigenvalue weighted by Gasteiger charge is -2.45. The molecule has 5 heteroatoms. The first-order valence-electron chi connectivity index (χ1n) is 7.14. The quantitative estimate of drug-likeness (QED) is 0.647. The number of nitrogen functional groups attached to an aromatic ring is 1. The normalized spacial score (nSPS) is 28.1. The van der Waals surface area contributed by atoms with Crippen LogP contribution in [0.4, 0.5) is 11.4 Å². The molecule has 1 aromatic carbocycles. The van der Waals surface area contributed by atoms with Crippen LogP contribution in [0.25, 0.3) is 0 Å². The van der Waals surface area contributed by atoms with E-state index in [2.05, 4.69) is 10.2 Å². The first-order chi connectivity index (χ1) is 9.67. The number of piperidine rings is 3. The first-order valence-corrected chi connectivity index (χ1v) is 7.14. The molecule has 20 heavy (non-hydrogen) atoms. The van der Waals surface area contributed by atoms with Crippen LogP contribution in [0.2, 0.25) is 0 Å². The van der Waals surface area contributed by atoms with Gasteiger partial charge in [0.1, 0.15) is 0 Å². The molecule has 0 saturated carbocycles. The van der Waals surface area contributed by atoms with Crippen LogP contribution in [0.3, 0.4) is 0 Å². The third kappa shape index (κ3) is 2.45. The smallest absolute Gasteiger partial charge is 0.340 e. The molecule has 1 aromatic rings. The summed E-state index contributed by atoms with van der Waals surface area (Å²) in [6.45, 7) is 3.53. The highest BCUT2D eigenvalue weighted by Gasteiger charge is 2.33. The van der Waals surface area contributed by atoms with Crippen molar-refractivity contribution in [2.45, 2.75) is 18.9 Å². The Kier molecular flexibility index (Phi) is 3.53. The van der Waals surface area contributed by atoms with Gasteiger partial charge in [0.05, 0.1) is 12.7 Å². The number of nitrogens with one attached hydrogen (secondary N) is 1. The molecule has 3 heterocycles. The minimum Gasteiger partial charge on any atom is -0.465 e. The highest BCUT2D eigenvalue weighted by molar-refractivity contribution is 5.96. The molecule has 0 spiro atoms. The number of rotatable bonds is 3. The van der Waals surface area contributed by atoms with E-state index >= 15 is 0 Å². The Labute approximate surface area is 119 Å². The molecule has 1 atom stereocenters. The summed E-state index contributed by atoms with van der Waals surface area (Å²) in [6.07, 6.45) is 2.52. The molecular weight excluding hydrogens is 254 g/mol. The predicted molar refractivity (Wildman–Crippen MR) is 78.8 cm³/mol. The van der Waals surface area contributed by atoms with Gasteiger partial charge in [-0.15, -0.1) is 0 Å². The molecule has 4 rings (SSSR count). The van der Waals surface area contributed by atoms with Crippen molar-refractivity contribution in [1.82, 2.24) is 4.90 Å². The summed E-state index contributed by atoms with van der Waals surface area (Å²) in [5.41, 5.74) is 7.65. The Morgan fingerprint density at radius 3 is 2.75 bits per heavy atom. The van der Waals surface area contributed by atoms with Gasteiger partial charge in [0, 0.05) is 24.0 Å². The Bertz CT molecular complexity index is 510. The molecule has 3 N–H and O–H groups in total. The van der Waals surface area contributed by atoms with Gasteiger partial charge in [0.15, 0.2) is 0 Å². The highest BCUT2D eigenvalue weighted by atomic mass is 16.5. The number of carbonyl (C=O) groups excluding carboxylic acids is 1. The van der Waals surface area contributed by atoms with Crippen molar-refractivity contribution in [1.29, 1.82) is 0 Å². The molecule has 0 aliphatic carbocycles. The number of anilines is 2. The molecule has 0 radical (unpaired) electrons. The summed E-state index contributed by atoms with van der Waals surface area (Å²) < 4.78 is 4.76. The molecule has 1 unspecified atom stereocenters. The monoisotopic (exact) mass is 275 g/mol. The van der Waals surface area contributed by atoms with Crippen molar-refractivity contribution < 1.29 is 9.53 Å². The average Bonchev–Trinajstić information content (AvgIpc) is 2.49. The maximum Gasteiger partial charge on any atom is 0.340 e. The fourth-order valence-corrected chi connectivity index (χ4v) is 3.28. The number of methoxy groups -OCH3 is 1. The molecule has 0 aromatic heterocycles. The Morgan fingerprint density at radius 1 is 1.40 bits per heavy atom. The highest BCUT2D eigenvalue weighted by Crippen LogP contribution is 2.30. The molecule has 3 fully saturated rings. The molecule has 3 aliphatic heterocycles. The van der Waals surface area contributed by atoms with Crippen molar-refractivity contribution in [2.24, 2.45) is 5.92 Å². The van der Waals surface area contributed by atoms with Gasteiger partial charge in [0.2, 0.25) is 0 Å². The third-order valence-electron chi connectivity index (χ3n) is 4.47. The number of esters is 1. The van der Waals surface area contributed by atoms with Crippen LogP contribution < -0.4 is 11.1 Å². The van der Waals surface area contributed by atoms with Crippen LogP contribution in [0.1, 0.15) is 23.2 Å². The second-order valence-corrected chi connectivity index (χ2v) is 5.68. The van der Waals surface area contributed by atoms with Crippen molar-refractivity contribution in [3.05, 3.63) is 23.8 Å². The maximum atomic E-state index is 11.7. The van der Waals surface area contributed by atoms with Crippen molar-refractivity contribution in [3.8, 4) is 0 Å². The Morgan fingerprint density at radius 2 is 2.15 bits per heavy atom. The summed E-state index contributed by atoms with van der Waals surface area (Å²) in [5.74, 6) is 0.346. The van der Waals surface area contributed by atoms with E-state index in [0.29, 0.717) is 17.3 Å². The van der Waals surface area contributed by atoms with Gasteiger partial charge in [-0.3, -0.25) is 0 Å². The standard InChI is InChI=1S/C15H21N3O2/c1-20-15(19)12-8-11(2-3-13(12)16)17-14-9-18-6-4-10(14)5-7-18/h2-3,8,10,14,17H,4-7,9,16H2,1H3. The van der Waals surface area contributed by atoms with Crippen LogP contribution in [-0.4, -0.2) is 43.7 Å². The summed E-state index contributed by atoms with van der Waals surface area (Å²) >= 11 is 0. The van der Waals surface area contributed by atoms with E-state index in [1.54, 1.807) is 12.1 Å². The van der Waals surface area contributed by atoms with Crippen LogP contribution in [0, 0.1) is 5.92 Å². The molecule has 3 saturated heterocycles. The van der Waals surface area contributed by atoms with Gasteiger partial charge in [0.25, 0.3) is 0 Å². The van der Waals surface area contributed by atoms with Gasteiger partial charge in [-0.2, -0.15) is 0 Å². The molecule has 108 valence electrons. The first kappa shape index (κ1) is 13.2. The number of nitrogens with zero attached hydrogens (tertiary/aromatic N) is 1. The number of hydrogen-bond acceptors (Lipinski definition) is 5. The zero-order valence-electron chi connectivity index (χ0n) is 11.8. The van der Waals surface area contributed by atoms with E-state index in [1.165, 1.54) is 33.0 Å².